The molecule has 0 radical (unpaired) electrons. The summed E-state index contributed by atoms with van der Waals surface area (Å²) in [5, 5.41) is 0. The number of carbonyl (C=O) groups excluding carboxylic acids is 1. The Bertz CT molecular complexity index is 1140. The quantitative estimate of drug-likeness (QED) is 0.715. The lowest BCUT2D eigenvalue weighted by Gasteiger charge is -2.39. The van der Waals surface area contributed by atoms with E-state index in [1.54, 1.807) is 18.2 Å². The Morgan fingerprint density at radius 3 is 2.52 bits per heavy atom. The van der Waals surface area contributed by atoms with Gasteiger partial charge in [-0.05, 0) is 73.8 Å². The molecule has 2 aromatic carbocycles. The standard InChI is InChI=1S/C25H32N2O3S/c1-17-9-10-22(18(2)11-17)26-31(29,30)21-8-6-7-19(12-21)23(28)27-16-25(5)14-20(27)13-24(3,4)15-25/h6-12,20,26H,13-16H2,1-5H3/t20-,25+/m1/s1. The summed E-state index contributed by atoms with van der Waals surface area (Å²) in [5.74, 6) is -0.0741. The highest BCUT2D eigenvalue weighted by Gasteiger charge is 2.51. The van der Waals surface area contributed by atoms with Crippen LogP contribution in [0, 0.1) is 24.7 Å². The molecule has 1 aliphatic carbocycles. The molecule has 1 saturated heterocycles. The van der Waals surface area contributed by atoms with Gasteiger partial charge in [0.05, 0.1) is 10.6 Å². The first-order valence-corrected chi connectivity index (χ1v) is 12.4. The number of rotatable bonds is 4. The predicted octanol–water partition coefficient (Wildman–Crippen LogP) is 5.15. The summed E-state index contributed by atoms with van der Waals surface area (Å²) in [6.07, 6.45) is 3.11. The Kier molecular flexibility index (Phi) is 5.20. The van der Waals surface area contributed by atoms with Gasteiger partial charge in [-0.3, -0.25) is 9.52 Å². The molecule has 6 heteroatoms. The number of amides is 1. The molecule has 2 fully saturated rings. The van der Waals surface area contributed by atoms with Gasteiger partial charge in [-0.25, -0.2) is 8.42 Å². The first-order chi connectivity index (χ1) is 14.4. The van der Waals surface area contributed by atoms with Crippen LogP contribution in [0.3, 0.4) is 0 Å². The number of anilines is 1. The maximum Gasteiger partial charge on any atom is 0.261 e. The van der Waals surface area contributed by atoms with Crippen LogP contribution in [0.5, 0.6) is 0 Å². The lowest BCUT2D eigenvalue weighted by Crippen LogP contribution is -2.37. The number of nitrogens with one attached hydrogen (secondary N) is 1. The Labute approximate surface area is 185 Å². The third kappa shape index (κ3) is 4.36. The van der Waals surface area contributed by atoms with Crippen LogP contribution in [0.1, 0.15) is 61.5 Å². The second kappa shape index (κ2) is 7.37. The van der Waals surface area contributed by atoms with E-state index in [1.807, 2.05) is 30.9 Å². The van der Waals surface area contributed by atoms with E-state index in [-0.39, 0.29) is 27.7 Å². The molecule has 1 N–H and O–H groups in total. The number of hydrogen-bond donors (Lipinski definition) is 1. The molecule has 0 unspecified atom stereocenters. The van der Waals surface area contributed by atoms with Crippen LogP contribution in [-0.2, 0) is 10.0 Å². The molecule has 0 spiro atoms. The van der Waals surface area contributed by atoms with E-state index >= 15 is 0 Å². The van der Waals surface area contributed by atoms with Crippen molar-refractivity contribution in [2.75, 3.05) is 11.3 Å². The zero-order valence-electron chi connectivity index (χ0n) is 19.0. The highest BCUT2D eigenvalue weighted by molar-refractivity contribution is 7.92. The van der Waals surface area contributed by atoms with Crippen LogP contribution in [0.4, 0.5) is 5.69 Å². The van der Waals surface area contributed by atoms with Crippen LogP contribution < -0.4 is 4.72 Å². The van der Waals surface area contributed by atoms with Crippen molar-refractivity contribution in [1.29, 1.82) is 0 Å². The molecule has 0 aromatic heterocycles. The van der Waals surface area contributed by atoms with Crippen molar-refractivity contribution in [3.63, 3.8) is 0 Å². The minimum Gasteiger partial charge on any atom is -0.335 e. The zero-order valence-corrected chi connectivity index (χ0v) is 19.8. The molecule has 1 aliphatic heterocycles. The van der Waals surface area contributed by atoms with Crippen LogP contribution >= 0.6 is 0 Å². The van der Waals surface area contributed by atoms with E-state index in [4.69, 9.17) is 0 Å². The van der Waals surface area contributed by atoms with Gasteiger partial charge in [0.1, 0.15) is 0 Å². The topological polar surface area (TPSA) is 66.5 Å². The molecular formula is C25H32N2O3S. The fourth-order valence-electron chi connectivity index (χ4n) is 5.79. The molecule has 1 heterocycles. The smallest absolute Gasteiger partial charge is 0.261 e. The first-order valence-electron chi connectivity index (χ1n) is 10.9. The molecule has 4 rings (SSSR count). The fraction of sp³-hybridized carbons (Fsp3) is 0.480. The van der Waals surface area contributed by atoms with Gasteiger partial charge in [0, 0.05) is 18.2 Å². The normalized spacial score (nSPS) is 24.8. The number of sulfonamides is 1. The van der Waals surface area contributed by atoms with Gasteiger partial charge in [-0.1, -0.05) is 44.5 Å². The maximum atomic E-state index is 13.4. The van der Waals surface area contributed by atoms with Gasteiger partial charge in [0.25, 0.3) is 15.9 Å². The average molecular weight is 441 g/mol. The van der Waals surface area contributed by atoms with Gasteiger partial charge in [0.2, 0.25) is 0 Å². The molecule has 2 atom stereocenters. The maximum absolute atomic E-state index is 13.4. The summed E-state index contributed by atoms with van der Waals surface area (Å²) in [6.45, 7) is 11.4. The molecule has 2 aliphatic rings. The predicted molar refractivity (Wildman–Crippen MR) is 124 cm³/mol. The number of nitrogens with zero attached hydrogens (tertiary/aromatic N) is 1. The van der Waals surface area contributed by atoms with Crippen molar-refractivity contribution in [2.45, 2.75) is 64.8 Å². The summed E-state index contributed by atoms with van der Waals surface area (Å²) >= 11 is 0. The van der Waals surface area contributed by atoms with Gasteiger partial charge in [0.15, 0.2) is 0 Å². The summed E-state index contributed by atoms with van der Waals surface area (Å²) in [5.41, 5.74) is 3.25. The third-order valence-electron chi connectivity index (χ3n) is 6.69. The fourth-order valence-corrected chi connectivity index (χ4v) is 6.97. The van der Waals surface area contributed by atoms with E-state index < -0.39 is 10.0 Å². The van der Waals surface area contributed by atoms with Gasteiger partial charge in [-0.2, -0.15) is 0 Å². The number of fused-ring (bicyclic) bond motifs is 2. The van der Waals surface area contributed by atoms with Crippen molar-refractivity contribution in [3.8, 4) is 0 Å². The SMILES string of the molecule is Cc1ccc(NS(=O)(=O)c2cccc(C(=O)N3C[C@@]4(C)C[C@H]3CC(C)(C)C4)c2)c(C)c1. The van der Waals surface area contributed by atoms with Crippen LogP contribution in [0.25, 0.3) is 0 Å². The molecule has 1 saturated carbocycles. The van der Waals surface area contributed by atoms with Gasteiger partial charge >= 0.3 is 0 Å². The van der Waals surface area contributed by atoms with Crippen molar-refractivity contribution >= 4 is 21.6 Å². The van der Waals surface area contributed by atoms with Crippen LogP contribution in [0.2, 0.25) is 0 Å². The summed E-state index contributed by atoms with van der Waals surface area (Å²) in [4.78, 5) is 15.5. The second-order valence-electron chi connectivity index (χ2n) is 10.6. The molecular weight excluding hydrogens is 408 g/mol. The Morgan fingerprint density at radius 1 is 1.06 bits per heavy atom. The van der Waals surface area contributed by atoms with E-state index in [0.717, 1.165) is 36.9 Å². The Hall–Kier alpha value is -2.34. The molecule has 5 nitrogen and oxygen atoms in total. The lowest BCUT2D eigenvalue weighted by atomic mass is 9.65. The molecule has 2 aromatic rings. The first kappa shape index (κ1) is 21.9. The van der Waals surface area contributed by atoms with Crippen molar-refractivity contribution in [3.05, 3.63) is 59.2 Å². The Balaban J connectivity index is 1.59. The molecule has 2 bridgehead atoms. The largest absolute Gasteiger partial charge is 0.335 e. The summed E-state index contributed by atoms with van der Waals surface area (Å²) in [6, 6.07) is 12.2. The molecule has 166 valence electrons. The van der Waals surface area contributed by atoms with Gasteiger partial charge < -0.3 is 4.90 Å². The van der Waals surface area contributed by atoms with Gasteiger partial charge in [-0.15, -0.1) is 0 Å². The number of hydrogen-bond acceptors (Lipinski definition) is 3. The van der Waals surface area contributed by atoms with E-state index in [2.05, 4.69) is 25.5 Å². The lowest BCUT2D eigenvalue weighted by molar-refractivity contribution is 0.0708. The van der Waals surface area contributed by atoms with Crippen molar-refractivity contribution in [2.24, 2.45) is 10.8 Å². The highest BCUT2D eigenvalue weighted by Crippen LogP contribution is 2.52. The second-order valence-corrected chi connectivity index (χ2v) is 12.3. The number of benzene rings is 2. The highest BCUT2D eigenvalue weighted by atomic mass is 32.2. The molecule has 1 amide bonds. The van der Waals surface area contributed by atoms with Crippen LogP contribution in [-0.4, -0.2) is 31.8 Å². The third-order valence-corrected chi connectivity index (χ3v) is 8.06. The monoisotopic (exact) mass is 440 g/mol. The molecule has 31 heavy (non-hydrogen) atoms. The van der Waals surface area contributed by atoms with E-state index in [9.17, 15) is 13.2 Å². The van der Waals surface area contributed by atoms with E-state index in [1.165, 1.54) is 12.1 Å². The number of carbonyl (C=O) groups is 1. The summed E-state index contributed by atoms with van der Waals surface area (Å²) in [7, 11) is -3.80. The number of likely N-dealkylation sites (tertiary alicyclic amines) is 1. The summed E-state index contributed by atoms with van der Waals surface area (Å²) < 4.78 is 28.7. The average Bonchev–Trinajstić information content (AvgIpc) is 2.92. The minimum absolute atomic E-state index is 0.0741. The minimum atomic E-state index is -3.80. The van der Waals surface area contributed by atoms with Crippen LogP contribution in [0.15, 0.2) is 47.4 Å². The zero-order chi connectivity index (χ0) is 22.6. The number of aryl methyl sites for hydroxylation is 2. The van der Waals surface area contributed by atoms with Crippen molar-refractivity contribution < 1.29 is 13.2 Å². The Morgan fingerprint density at radius 2 is 1.81 bits per heavy atom. The van der Waals surface area contributed by atoms with Crippen molar-refractivity contribution in [1.82, 2.24) is 4.90 Å². The van der Waals surface area contributed by atoms with E-state index in [0.29, 0.717) is 11.3 Å².